The standard InChI is InChI=1S/C10H20N4O2/c11-5-9(15)13-7-1-2-8(4-3-7)14-10(16)6-12/h7-8H,1-6,11-12H2,(H,13,15)(H,14,16). The molecule has 6 nitrogen and oxygen atoms in total. The van der Waals surface area contributed by atoms with Gasteiger partial charge in [0.05, 0.1) is 13.1 Å². The maximum atomic E-state index is 11.1. The van der Waals surface area contributed by atoms with Gasteiger partial charge in [-0.05, 0) is 25.7 Å². The summed E-state index contributed by atoms with van der Waals surface area (Å²) in [5, 5.41) is 5.71. The molecule has 0 aliphatic heterocycles. The van der Waals surface area contributed by atoms with Crippen LogP contribution in [-0.4, -0.2) is 37.0 Å². The monoisotopic (exact) mass is 228 g/mol. The first-order valence-electron chi connectivity index (χ1n) is 5.64. The Morgan fingerprint density at radius 2 is 1.19 bits per heavy atom. The molecule has 0 radical (unpaired) electrons. The molecule has 2 amide bonds. The molecule has 6 heteroatoms. The topological polar surface area (TPSA) is 110 Å². The molecule has 0 unspecified atom stereocenters. The zero-order chi connectivity index (χ0) is 12.0. The molecule has 0 aromatic carbocycles. The fourth-order valence-corrected chi connectivity index (χ4v) is 1.96. The van der Waals surface area contributed by atoms with Crippen LogP contribution in [0.3, 0.4) is 0 Å². The van der Waals surface area contributed by atoms with Gasteiger partial charge in [0.2, 0.25) is 11.8 Å². The first-order chi connectivity index (χ1) is 7.65. The summed E-state index contributed by atoms with van der Waals surface area (Å²) in [5.41, 5.74) is 10.4. The molecule has 0 spiro atoms. The summed E-state index contributed by atoms with van der Waals surface area (Å²) in [6.07, 6.45) is 3.50. The molecule has 16 heavy (non-hydrogen) atoms. The van der Waals surface area contributed by atoms with Crippen molar-refractivity contribution in [3.8, 4) is 0 Å². The fourth-order valence-electron chi connectivity index (χ4n) is 1.96. The van der Waals surface area contributed by atoms with Crippen LogP contribution in [0.2, 0.25) is 0 Å². The predicted molar refractivity (Wildman–Crippen MR) is 60.4 cm³/mol. The summed E-state index contributed by atoms with van der Waals surface area (Å²) in [7, 11) is 0. The van der Waals surface area contributed by atoms with Gasteiger partial charge in [-0.25, -0.2) is 0 Å². The van der Waals surface area contributed by atoms with Crippen molar-refractivity contribution in [2.75, 3.05) is 13.1 Å². The average Bonchev–Trinajstić information content (AvgIpc) is 2.31. The SMILES string of the molecule is NCC(=O)NC1CCC(NC(=O)CN)CC1. The van der Waals surface area contributed by atoms with E-state index in [0.29, 0.717) is 0 Å². The number of nitrogens with one attached hydrogen (secondary N) is 2. The number of amides is 2. The highest BCUT2D eigenvalue weighted by Crippen LogP contribution is 2.18. The van der Waals surface area contributed by atoms with E-state index >= 15 is 0 Å². The molecule has 1 aliphatic rings. The van der Waals surface area contributed by atoms with Crippen LogP contribution in [-0.2, 0) is 9.59 Å². The van der Waals surface area contributed by atoms with Gasteiger partial charge in [-0.3, -0.25) is 9.59 Å². The molecule has 1 rings (SSSR count). The van der Waals surface area contributed by atoms with Crippen molar-refractivity contribution in [3.05, 3.63) is 0 Å². The Bertz CT molecular complexity index is 223. The quantitative estimate of drug-likeness (QED) is 0.467. The van der Waals surface area contributed by atoms with Gasteiger partial charge in [0.1, 0.15) is 0 Å². The molecule has 1 saturated carbocycles. The molecule has 92 valence electrons. The third-order valence-electron chi connectivity index (χ3n) is 2.83. The van der Waals surface area contributed by atoms with E-state index in [0.717, 1.165) is 25.7 Å². The Morgan fingerprint density at radius 1 is 0.875 bits per heavy atom. The van der Waals surface area contributed by atoms with Crippen molar-refractivity contribution < 1.29 is 9.59 Å². The van der Waals surface area contributed by atoms with Crippen LogP contribution >= 0.6 is 0 Å². The van der Waals surface area contributed by atoms with Crippen LogP contribution < -0.4 is 22.1 Å². The van der Waals surface area contributed by atoms with Gasteiger partial charge in [-0.2, -0.15) is 0 Å². The largest absolute Gasteiger partial charge is 0.352 e. The molecule has 0 aromatic heterocycles. The Kier molecular flexibility index (Phi) is 5.21. The molecule has 1 aliphatic carbocycles. The van der Waals surface area contributed by atoms with Crippen molar-refractivity contribution >= 4 is 11.8 Å². The Labute approximate surface area is 95.1 Å². The summed E-state index contributed by atoms with van der Waals surface area (Å²) in [5.74, 6) is -0.233. The van der Waals surface area contributed by atoms with E-state index in [1.165, 1.54) is 0 Å². The predicted octanol–water partition coefficient (Wildman–Crippen LogP) is -1.55. The van der Waals surface area contributed by atoms with Gasteiger partial charge in [0.25, 0.3) is 0 Å². The minimum atomic E-state index is -0.116. The molecule has 0 bridgehead atoms. The van der Waals surface area contributed by atoms with Gasteiger partial charge >= 0.3 is 0 Å². The van der Waals surface area contributed by atoms with E-state index in [2.05, 4.69) is 10.6 Å². The lowest BCUT2D eigenvalue weighted by molar-refractivity contribution is -0.122. The summed E-state index contributed by atoms with van der Waals surface area (Å²) >= 11 is 0. The average molecular weight is 228 g/mol. The lowest BCUT2D eigenvalue weighted by atomic mass is 9.91. The number of nitrogens with two attached hydrogens (primary N) is 2. The van der Waals surface area contributed by atoms with E-state index in [1.54, 1.807) is 0 Å². The van der Waals surface area contributed by atoms with Crippen molar-refractivity contribution in [2.45, 2.75) is 37.8 Å². The second-order valence-corrected chi connectivity index (χ2v) is 4.09. The third kappa shape index (κ3) is 4.16. The van der Waals surface area contributed by atoms with Gasteiger partial charge in [-0.1, -0.05) is 0 Å². The molecule has 0 atom stereocenters. The normalized spacial score (nSPS) is 24.9. The number of carbonyl (C=O) groups is 2. The minimum absolute atomic E-state index is 0.0316. The van der Waals surface area contributed by atoms with E-state index < -0.39 is 0 Å². The Balaban J connectivity index is 2.23. The van der Waals surface area contributed by atoms with Crippen molar-refractivity contribution in [3.63, 3.8) is 0 Å². The van der Waals surface area contributed by atoms with E-state index in [-0.39, 0.29) is 37.0 Å². The van der Waals surface area contributed by atoms with Crippen LogP contribution in [0.4, 0.5) is 0 Å². The number of hydrogen-bond acceptors (Lipinski definition) is 4. The molecule has 6 N–H and O–H groups in total. The van der Waals surface area contributed by atoms with Gasteiger partial charge in [0.15, 0.2) is 0 Å². The number of rotatable bonds is 4. The Hall–Kier alpha value is -1.14. The van der Waals surface area contributed by atoms with Crippen molar-refractivity contribution in [1.29, 1.82) is 0 Å². The molecule has 1 fully saturated rings. The van der Waals surface area contributed by atoms with Crippen LogP contribution in [0.25, 0.3) is 0 Å². The van der Waals surface area contributed by atoms with Gasteiger partial charge in [-0.15, -0.1) is 0 Å². The minimum Gasteiger partial charge on any atom is -0.352 e. The van der Waals surface area contributed by atoms with Crippen LogP contribution in [0.1, 0.15) is 25.7 Å². The highest BCUT2D eigenvalue weighted by atomic mass is 16.2. The molecular formula is C10H20N4O2. The fraction of sp³-hybridized carbons (Fsp3) is 0.800. The molecule has 0 saturated heterocycles. The summed E-state index contributed by atoms with van der Waals surface area (Å²) < 4.78 is 0. The Morgan fingerprint density at radius 3 is 1.44 bits per heavy atom. The van der Waals surface area contributed by atoms with Crippen molar-refractivity contribution in [1.82, 2.24) is 10.6 Å². The first kappa shape index (κ1) is 12.9. The lowest BCUT2D eigenvalue weighted by Gasteiger charge is -2.29. The van der Waals surface area contributed by atoms with Crippen molar-refractivity contribution in [2.24, 2.45) is 11.5 Å². The summed E-state index contributed by atoms with van der Waals surface area (Å²) in [4.78, 5) is 22.1. The molecule has 0 heterocycles. The summed E-state index contributed by atoms with van der Waals surface area (Å²) in [6, 6.07) is 0.393. The smallest absolute Gasteiger partial charge is 0.233 e. The lowest BCUT2D eigenvalue weighted by Crippen LogP contribution is -2.46. The highest BCUT2D eigenvalue weighted by molar-refractivity contribution is 5.78. The molecule has 0 aromatic rings. The zero-order valence-corrected chi connectivity index (χ0v) is 9.37. The van der Waals surface area contributed by atoms with Gasteiger partial charge in [0, 0.05) is 12.1 Å². The van der Waals surface area contributed by atoms with Crippen LogP contribution in [0.5, 0.6) is 0 Å². The van der Waals surface area contributed by atoms with E-state index in [9.17, 15) is 9.59 Å². The number of carbonyl (C=O) groups excluding carboxylic acids is 2. The maximum Gasteiger partial charge on any atom is 0.233 e. The third-order valence-corrected chi connectivity index (χ3v) is 2.83. The first-order valence-corrected chi connectivity index (χ1v) is 5.64. The van der Waals surface area contributed by atoms with Gasteiger partial charge < -0.3 is 22.1 Å². The second-order valence-electron chi connectivity index (χ2n) is 4.09. The van der Waals surface area contributed by atoms with Crippen LogP contribution in [0, 0.1) is 0 Å². The second kappa shape index (κ2) is 6.44. The number of hydrogen-bond donors (Lipinski definition) is 4. The van der Waals surface area contributed by atoms with E-state index in [4.69, 9.17) is 11.5 Å². The van der Waals surface area contributed by atoms with Crippen LogP contribution in [0.15, 0.2) is 0 Å². The highest BCUT2D eigenvalue weighted by Gasteiger charge is 2.22. The molecular weight excluding hydrogens is 208 g/mol. The zero-order valence-electron chi connectivity index (χ0n) is 9.37. The van der Waals surface area contributed by atoms with E-state index in [1.807, 2.05) is 0 Å². The maximum absolute atomic E-state index is 11.1. The summed E-state index contributed by atoms with van der Waals surface area (Å²) in [6.45, 7) is 0.0632.